The number of aryl methyl sites for hydroxylation is 2. The van der Waals surface area contributed by atoms with Gasteiger partial charge >= 0.3 is 0 Å². The number of rotatable bonds is 4. The van der Waals surface area contributed by atoms with Gasteiger partial charge in [0.15, 0.2) is 5.82 Å². The number of aromatic nitrogens is 2. The molecule has 0 bridgehead atoms. The number of ether oxygens (including phenoxy) is 1. The van der Waals surface area contributed by atoms with Crippen molar-refractivity contribution in [1.82, 2.24) is 9.97 Å². The maximum absolute atomic E-state index is 5.67. The third kappa shape index (κ3) is 3.65. The third-order valence-corrected chi connectivity index (χ3v) is 3.44. The second-order valence-corrected chi connectivity index (χ2v) is 5.01. The van der Waals surface area contributed by atoms with Gasteiger partial charge in [0, 0.05) is 16.2 Å². The highest BCUT2D eigenvalue weighted by Gasteiger charge is 2.04. The minimum absolute atomic E-state index is 0.303. The van der Waals surface area contributed by atoms with Crippen LogP contribution < -0.4 is 16.0 Å². The molecule has 0 aliphatic heterocycles. The average molecular weight is 323 g/mol. The highest BCUT2D eigenvalue weighted by molar-refractivity contribution is 9.10. The lowest BCUT2D eigenvalue weighted by atomic mass is 10.2. The Hall–Kier alpha value is -1.66. The van der Waals surface area contributed by atoms with Gasteiger partial charge in [-0.3, -0.25) is 0 Å². The van der Waals surface area contributed by atoms with Crippen LogP contribution >= 0.6 is 15.9 Å². The van der Waals surface area contributed by atoms with Crippen molar-refractivity contribution in [1.29, 1.82) is 0 Å². The molecular weight excluding hydrogens is 308 g/mol. The summed E-state index contributed by atoms with van der Waals surface area (Å²) in [5.41, 5.74) is 4.47. The van der Waals surface area contributed by atoms with Crippen LogP contribution in [0.1, 0.15) is 17.1 Å². The minimum Gasteiger partial charge on any atom is -0.486 e. The molecule has 2 rings (SSSR count). The molecule has 0 saturated heterocycles. The molecule has 0 aliphatic carbocycles. The number of nitrogens with zero attached hydrogens (tertiary/aromatic N) is 2. The molecule has 1 aromatic carbocycles. The van der Waals surface area contributed by atoms with Crippen molar-refractivity contribution in [2.75, 3.05) is 5.43 Å². The van der Waals surface area contributed by atoms with Crippen molar-refractivity contribution in [2.45, 2.75) is 20.5 Å². The van der Waals surface area contributed by atoms with E-state index in [1.54, 1.807) is 6.07 Å². The van der Waals surface area contributed by atoms with E-state index in [0.717, 1.165) is 21.5 Å². The molecule has 5 nitrogen and oxygen atoms in total. The van der Waals surface area contributed by atoms with Gasteiger partial charge < -0.3 is 10.2 Å². The molecular formula is C13H15BrN4O. The molecule has 0 spiro atoms. The molecule has 0 atom stereocenters. The summed E-state index contributed by atoms with van der Waals surface area (Å²) in [7, 11) is 0. The Morgan fingerprint density at radius 2 is 2.05 bits per heavy atom. The largest absolute Gasteiger partial charge is 0.486 e. The minimum atomic E-state index is 0.303. The van der Waals surface area contributed by atoms with Crippen LogP contribution in [0.3, 0.4) is 0 Å². The van der Waals surface area contributed by atoms with Crippen LogP contribution in [0.2, 0.25) is 0 Å². The number of nitrogen functional groups attached to an aromatic ring is 1. The number of nitrogens with two attached hydrogens (primary N) is 1. The molecule has 19 heavy (non-hydrogen) atoms. The van der Waals surface area contributed by atoms with Gasteiger partial charge in [0.2, 0.25) is 0 Å². The molecule has 1 aromatic heterocycles. The molecule has 6 heteroatoms. The fourth-order valence-electron chi connectivity index (χ4n) is 1.62. The summed E-state index contributed by atoms with van der Waals surface area (Å²) in [4.78, 5) is 8.52. The highest BCUT2D eigenvalue weighted by Crippen LogP contribution is 2.22. The van der Waals surface area contributed by atoms with Gasteiger partial charge in [-0.05, 0) is 37.6 Å². The summed E-state index contributed by atoms with van der Waals surface area (Å²) in [6, 6.07) is 7.58. The predicted octanol–water partition coefficient (Wildman–Crippen LogP) is 2.72. The average Bonchev–Trinajstić information content (AvgIpc) is 2.39. The van der Waals surface area contributed by atoms with E-state index in [2.05, 4.69) is 31.3 Å². The van der Waals surface area contributed by atoms with Crippen molar-refractivity contribution in [3.05, 3.63) is 45.8 Å². The number of nitrogens with one attached hydrogen (secondary N) is 1. The van der Waals surface area contributed by atoms with E-state index in [1.807, 2.05) is 32.0 Å². The molecule has 0 aliphatic rings. The van der Waals surface area contributed by atoms with E-state index >= 15 is 0 Å². The molecule has 1 heterocycles. The summed E-state index contributed by atoms with van der Waals surface area (Å²) in [5, 5.41) is 0. The standard InChI is InChI=1S/C13H15BrN4O/c1-8-5-10(3-4-11(8)14)19-7-13-16-9(2)6-12(17-13)18-15/h3-6H,7,15H2,1-2H3,(H,16,17,18). The Morgan fingerprint density at radius 1 is 1.26 bits per heavy atom. The van der Waals surface area contributed by atoms with Crippen LogP contribution in [0.4, 0.5) is 5.82 Å². The van der Waals surface area contributed by atoms with Gasteiger partial charge in [0.05, 0.1) is 0 Å². The van der Waals surface area contributed by atoms with Crippen LogP contribution in [0.25, 0.3) is 0 Å². The molecule has 2 aromatic rings. The fraction of sp³-hybridized carbons (Fsp3) is 0.231. The predicted molar refractivity (Wildman–Crippen MR) is 77.8 cm³/mol. The van der Waals surface area contributed by atoms with E-state index in [4.69, 9.17) is 10.6 Å². The van der Waals surface area contributed by atoms with Crippen molar-refractivity contribution in [3.63, 3.8) is 0 Å². The lowest BCUT2D eigenvalue weighted by molar-refractivity contribution is 0.295. The first-order valence-electron chi connectivity index (χ1n) is 5.78. The van der Waals surface area contributed by atoms with Gasteiger partial charge in [-0.25, -0.2) is 15.8 Å². The number of hydrogen-bond donors (Lipinski definition) is 2. The third-order valence-electron chi connectivity index (χ3n) is 2.55. The monoisotopic (exact) mass is 322 g/mol. The number of anilines is 1. The van der Waals surface area contributed by atoms with Crippen molar-refractivity contribution >= 4 is 21.7 Å². The van der Waals surface area contributed by atoms with Gasteiger partial charge in [-0.2, -0.15) is 0 Å². The lowest BCUT2D eigenvalue weighted by Crippen LogP contribution is -2.12. The normalized spacial score (nSPS) is 10.3. The smallest absolute Gasteiger partial charge is 0.168 e. The summed E-state index contributed by atoms with van der Waals surface area (Å²) in [5.74, 6) is 7.30. The maximum Gasteiger partial charge on any atom is 0.168 e. The van der Waals surface area contributed by atoms with Crippen molar-refractivity contribution in [2.24, 2.45) is 5.84 Å². The highest BCUT2D eigenvalue weighted by atomic mass is 79.9. The van der Waals surface area contributed by atoms with Crippen LogP contribution in [0, 0.1) is 13.8 Å². The van der Waals surface area contributed by atoms with Crippen LogP contribution in [-0.4, -0.2) is 9.97 Å². The van der Waals surface area contributed by atoms with Crippen LogP contribution in [0.15, 0.2) is 28.7 Å². The number of hydrazine groups is 1. The number of hydrogen-bond acceptors (Lipinski definition) is 5. The molecule has 0 radical (unpaired) electrons. The Kier molecular flexibility index (Phi) is 4.34. The molecule has 100 valence electrons. The van der Waals surface area contributed by atoms with Crippen LogP contribution in [0.5, 0.6) is 5.75 Å². The zero-order chi connectivity index (χ0) is 13.8. The Labute approximate surface area is 120 Å². The maximum atomic E-state index is 5.67. The first-order chi connectivity index (χ1) is 9.08. The van der Waals surface area contributed by atoms with Gasteiger partial charge in [-0.15, -0.1) is 0 Å². The quantitative estimate of drug-likeness (QED) is 0.668. The topological polar surface area (TPSA) is 73.1 Å². The Morgan fingerprint density at radius 3 is 2.74 bits per heavy atom. The number of halogens is 1. The molecule has 0 fully saturated rings. The summed E-state index contributed by atoms with van der Waals surface area (Å²) < 4.78 is 6.72. The molecule has 0 unspecified atom stereocenters. The molecule has 0 amide bonds. The second kappa shape index (κ2) is 5.99. The van der Waals surface area contributed by atoms with E-state index < -0.39 is 0 Å². The van der Waals surface area contributed by atoms with E-state index in [1.165, 1.54) is 0 Å². The fourth-order valence-corrected chi connectivity index (χ4v) is 1.87. The van der Waals surface area contributed by atoms with Crippen molar-refractivity contribution < 1.29 is 4.74 Å². The van der Waals surface area contributed by atoms with Gasteiger partial charge in [0.25, 0.3) is 0 Å². The molecule has 3 N–H and O–H groups in total. The Bertz CT molecular complexity index is 589. The van der Waals surface area contributed by atoms with E-state index in [-0.39, 0.29) is 0 Å². The first kappa shape index (κ1) is 13.8. The summed E-state index contributed by atoms with van der Waals surface area (Å²) in [6.07, 6.45) is 0. The van der Waals surface area contributed by atoms with Gasteiger partial charge in [0.1, 0.15) is 18.2 Å². The van der Waals surface area contributed by atoms with Gasteiger partial charge in [-0.1, -0.05) is 15.9 Å². The Balaban J connectivity index is 2.09. The SMILES string of the molecule is Cc1cc(NN)nc(COc2ccc(Br)c(C)c2)n1. The summed E-state index contributed by atoms with van der Waals surface area (Å²) in [6.45, 7) is 4.20. The second-order valence-electron chi connectivity index (χ2n) is 4.15. The zero-order valence-corrected chi connectivity index (χ0v) is 12.4. The summed E-state index contributed by atoms with van der Waals surface area (Å²) >= 11 is 3.45. The lowest BCUT2D eigenvalue weighted by Gasteiger charge is -2.08. The van der Waals surface area contributed by atoms with E-state index in [0.29, 0.717) is 18.2 Å². The molecule has 0 saturated carbocycles. The first-order valence-corrected chi connectivity index (χ1v) is 6.58. The van der Waals surface area contributed by atoms with Crippen molar-refractivity contribution in [3.8, 4) is 5.75 Å². The zero-order valence-electron chi connectivity index (χ0n) is 10.8. The number of benzene rings is 1. The van der Waals surface area contributed by atoms with E-state index in [9.17, 15) is 0 Å². The van der Waals surface area contributed by atoms with Crippen LogP contribution in [-0.2, 0) is 6.61 Å².